The van der Waals surface area contributed by atoms with E-state index in [0.29, 0.717) is 24.2 Å². The Balaban J connectivity index is 1.42. The highest BCUT2D eigenvalue weighted by molar-refractivity contribution is 7.10. The minimum Gasteiger partial charge on any atom is -0.386 e. The first-order valence-corrected chi connectivity index (χ1v) is 10.9. The fourth-order valence-electron chi connectivity index (χ4n) is 3.52. The number of hydrogen-bond donors (Lipinski definition) is 2. The van der Waals surface area contributed by atoms with Gasteiger partial charge in [-0.05, 0) is 41.3 Å². The van der Waals surface area contributed by atoms with Crippen LogP contribution in [-0.4, -0.2) is 46.1 Å². The minimum atomic E-state index is -0.927. The second kappa shape index (κ2) is 9.82. The van der Waals surface area contributed by atoms with Gasteiger partial charge in [0.1, 0.15) is 12.7 Å². The monoisotopic (exact) mass is 437 g/mol. The van der Waals surface area contributed by atoms with Crippen LogP contribution in [0.1, 0.15) is 22.2 Å². The van der Waals surface area contributed by atoms with E-state index < -0.39 is 12.1 Å². The summed E-state index contributed by atoms with van der Waals surface area (Å²) in [4.78, 5) is 31.5. The van der Waals surface area contributed by atoms with Crippen molar-refractivity contribution in [3.05, 3.63) is 82.3 Å². The highest BCUT2D eigenvalue weighted by Crippen LogP contribution is 2.26. The van der Waals surface area contributed by atoms with Crippen LogP contribution in [0.15, 0.2) is 66.2 Å². The number of aliphatic hydroxyl groups excluding tert-OH is 1. The molecule has 3 heterocycles. The van der Waals surface area contributed by atoms with E-state index in [2.05, 4.69) is 10.3 Å². The lowest BCUT2D eigenvalue weighted by Gasteiger charge is -2.38. The molecule has 2 aromatic heterocycles. The van der Waals surface area contributed by atoms with Crippen molar-refractivity contribution in [2.24, 2.45) is 0 Å². The van der Waals surface area contributed by atoms with Crippen LogP contribution in [0.3, 0.4) is 0 Å². The lowest BCUT2D eigenvalue weighted by atomic mass is 9.99. The smallest absolute Gasteiger partial charge is 0.249 e. The third-order valence-electron chi connectivity index (χ3n) is 5.11. The van der Waals surface area contributed by atoms with Gasteiger partial charge in [-0.25, -0.2) is 0 Å². The number of pyridine rings is 1. The van der Waals surface area contributed by atoms with Gasteiger partial charge in [-0.2, -0.15) is 0 Å². The molecule has 160 valence electrons. The normalized spacial score (nSPS) is 17.4. The zero-order valence-electron chi connectivity index (χ0n) is 16.8. The van der Waals surface area contributed by atoms with Gasteiger partial charge in [0.25, 0.3) is 0 Å². The Hall–Kier alpha value is -3.07. The molecule has 0 aliphatic carbocycles. The molecule has 1 aromatic carbocycles. The van der Waals surface area contributed by atoms with E-state index in [1.54, 1.807) is 46.7 Å². The number of morpholine rings is 1. The molecule has 1 aliphatic rings. The van der Waals surface area contributed by atoms with E-state index in [1.807, 2.05) is 35.7 Å². The average Bonchev–Trinajstić information content (AvgIpc) is 3.29. The number of amides is 2. The van der Waals surface area contributed by atoms with E-state index in [4.69, 9.17) is 4.74 Å². The quantitative estimate of drug-likeness (QED) is 0.593. The number of anilines is 1. The first-order chi connectivity index (χ1) is 15.1. The zero-order valence-corrected chi connectivity index (χ0v) is 17.6. The zero-order chi connectivity index (χ0) is 21.6. The Bertz CT molecular complexity index is 1010. The van der Waals surface area contributed by atoms with Crippen molar-refractivity contribution in [3.63, 3.8) is 0 Å². The summed E-state index contributed by atoms with van der Waals surface area (Å²) in [5.74, 6) is -0.276. The van der Waals surface area contributed by atoms with Crippen molar-refractivity contribution in [1.82, 2.24) is 9.88 Å². The number of aliphatic hydroxyl groups is 1. The van der Waals surface area contributed by atoms with E-state index in [-0.39, 0.29) is 25.0 Å². The predicted octanol–water partition coefficient (Wildman–Crippen LogP) is 2.79. The molecule has 1 aliphatic heterocycles. The average molecular weight is 438 g/mol. The molecule has 0 spiro atoms. The number of nitrogens with zero attached hydrogens (tertiary/aromatic N) is 2. The molecule has 0 bridgehead atoms. The van der Waals surface area contributed by atoms with Crippen LogP contribution in [0.5, 0.6) is 0 Å². The topological polar surface area (TPSA) is 91.8 Å². The lowest BCUT2D eigenvalue weighted by molar-refractivity contribution is -0.155. The number of rotatable bonds is 7. The largest absolute Gasteiger partial charge is 0.386 e. The predicted molar refractivity (Wildman–Crippen MR) is 117 cm³/mol. The van der Waals surface area contributed by atoms with Crippen molar-refractivity contribution in [2.45, 2.75) is 25.1 Å². The maximum Gasteiger partial charge on any atom is 0.249 e. The number of hydrogen-bond acceptors (Lipinski definition) is 6. The molecule has 31 heavy (non-hydrogen) atoms. The van der Waals surface area contributed by atoms with Crippen molar-refractivity contribution >= 4 is 28.8 Å². The summed E-state index contributed by atoms with van der Waals surface area (Å²) in [6.07, 6.45) is 1.08. The number of carbonyl (C=O) groups excluding carboxylic acids is 2. The van der Waals surface area contributed by atoms with Crippen molar-refractivity contribution in [1.29, 1.82) is 0 Å². The second-order valence-corrected chi connectivity index (χ2v) is 8.33. The molecule has 8 heteroatoms. The molecule has 2 atom stereocenters. The van der Waals surface area contributed by atoms with Crippen molar-refractivity contribution < 1.29 is 19.4 Å². The molecule has 4 rings (SSSR count). The summed E-state index contributed by atoms with van der Waals surface area (Å²) in [7, 11) is 0. The Morgan fingerprint density at radius 1 is 1.23 bits per heavy atom. The van der Waals surface area contributed by atoms with Gasteiger partial charge < -0.3 is 20.1 Å². The first-order valence-electron chi connectivity index (χ1n) is 9.97. The number of thiophene rings is 1. The van der Waals surface area contributed by atoms with Crippen LogP contribution in [0.2, 0.25) is 0 Å². The van der Waals surface area contributed by atoms with Gasteiger partial charge in [-0.1, -0.05) is 24.3 Å². The van der Waals surface area contributed by atoms with E-state index in [9.17, 15) is 14.7 Å². The molecule has 0 unspecified atom stereocenters. The molecule has 7 nitrogen and oxygen atoms in total. The maximum absolute atomic E-state index is 12.5. The standard InChI is InChI=1S/C23H23N3O4S/c27-21(12-19-5-3-11-31-19)25-17-8-6-16(7-9-17)23(29)20-14-30-15-22(28)26(20)13-18-4-1-2-10-24-18/h1-11,20,23,29H,12-15H2,(H,25,27)/t20-,23-/m1/s1. The van der Waals surface area contributed by atoms with Crippen LogP contribution >= 0.6 is 11.3 Å². The molecule has 3 aromatic rings. The molecular weight excluding hydrogens is 414 g/mol. The van der Waals surface area contributed by atoms with Gasteiger partial charge in [0.2, 0.25) is 11.8 Å². The first kappa shape index (κ1) is 21.2. The summed E-state index contributed by atoms with van der Waals surface area (Å²) in [6, 6.07) is 15.9. The van der Waals surface area contributed by atoms with E-state index in [1.165, 1.54) is 0 Å². The number of carbonyl (C=O) groups is 2. The van der Waals surface area contributed by atoms with E-state index >= 15 is 0 Å². The third kappa shape index (κ3) is 5.35. The molecule has 1 saturated heterocycles. The lowest BCUT2D eigenvalue weighted by Crippen LogP contribution is -2.51. The van der Waals surface area contributed by atoms with Crippen LogP contribution in [0.4, 0.5) is 5.69 Å². The van der Waals surface area contributed by atoms with E-state index in [0.717, 1.165) is 10.6 Å². The molecule has 0 saturated carbocycles. The Labute approximate surface area is 184 Å². The summed E-state index contributed by atoms with van der Waals surface area (Å²) in [6.45, 7) is 0.534. The van der Waals surface area contributed by atoms with Crippen LogP contribution in [0, 0.1) is 0 Å². The van der Waals surface area contributed by atoms with Gasteiger partial charge in [0, 0.05) is 16.8 Å². The van der Waals surface area contributed by atoms with Crippen LogP contribution < -0.4 is 5.32 Å². The van der Waals surface area contributed by atoms with Crippen molar-refractivity contribution in [2.75, 3.05) is 18.5 Å². The maximum atomic E-state index is 12.5. The number of ether oxygens (including phenoxy) is 1. The van der Waals surface area contributed by atoms with Gasteiger partial charge >= 0.3 is 0 Å². The van der Waals surface area contributed by atoms with Crippen LogP contribution in [0.25, 0.3) is 0 Å². The third-order valence-corrected chi connectivity index (χ3v) is 5.99. The van der Waals surface area contributed by atoms with Gasteiger partial charge in [-0.3, -0.25) is 14.6 Å². The number of aromatic nitrogens is 1. The number of nitrogens with one attached hydrogen (secondary N) is 1. The SMILES string of the molecule is O=C(Cc1cccs1)Nc1ccc([C@@H](O)[C@H]2COCC(=O)N2Cc2ccccn2)cc1. The Kier molecular flexibility index (Phi) is 6.71. The highest BCUT2D eigenvalue weighted by atomic mass is 32.1. The molecule has 1 fully saturated rings. The van der Waals surface area contributed by atoms with Gasteiger partial charge in [0.15, 0.2) is 0 Å². The molecule has 2 N–H and O–H groups in total. The number of benzene rings is 1. The van der Waals surface area contributed by atoms with Gasteiger partial charge in [-0.15, -0.1) is 11.3 Å². The van der Waals surface area contributed by atoms with Gasteiger partial charge in [0.05, 0.1) is 31.3 Å². The summed E-state index contributed by atoms with van der Waals surface area (Å²) < 4.78 is 5.40. The van der Waals surface area contributed by atoms with Crippen LogP contribution in [-0.2, 0) is 27.3 Å². The summed E-state index contributed by atoms with van der Waals surface area (Å²) in [5, 5.41) is 15.8. The fourth-order valence-corrected chi connectivity index (χ4v) is 4.22. The summed E-state index contributed by atoms with van der Waals surface area (Å²) >= 11 is 1.54. The minimum absolute atomic E-state index is 0.00867. The molecule has 2 amide bonds. The Morgan fingerprint density at radius 3 is 2.77 bits per heavy atom. The summed E-state index contributed by atoms with van der Waals surface area (Å²) in [5.41, 5.74) is 2.04. The van der Waals surface area contributed by atoms with Crippen molar-refractivity contribution in [3.8, 4) is 0 Å². The Morgan fingerprint density at radius 2 is 2.06 bits per heavy atom. The fraction of sp³-hybridized carbons (Fsp3) is 0.261. The second-order valence-electron chi connectivity index (χ2n) is 7.30. The highest BCUT2D eigenvalue weighted by Gasteiger charge is 2.34. The molecular formula is C23H23N3O4S. The molecule has 0 radical (unpaired) electrons.